The molecule has 1 aromatic rings. The lowest BCUT2D eigenvalue weighted by Gasteiger charge is -2.07. The van der Waals surface area contributed by atoms with E-state index in [1.807, 2.05) is 19.1 Å². The monoisotopic (exact) mass is 320 g/mol. The van der Waals surface area contributed by atoms with Crippen molar-refractivity contribution in [3.63, 3.8) is 0 Å². The molecule has 0 aromatic heterocycles. The van der Waals surface area contributed by atoms with Crippen LogP contribution in [-0.2, 0) is 14.3 Å². The fraction of sp³-hybridized carbons (Fsp3) is 0.471. The predicted molar refractivity (Wildman–Crippen MR) is 87.0 cm³/mol. The average molecular weight is 320 g/mol. The van der Waals surface area contributed by atoms with Gasteiger partial charge in [0.1, 0.15) is 0 Å². The maximum atomic E-state index is 11.8. The Kier molecular flexibility index (Phi) is 8.42. The summed E-state index contributed by atoms with van der Waals surface area (Å²) >= 11 is 0. The lowest BCUT2D eigenvalue weighted by atomic mass is 10.1. The highest BCUT2D eigenvalue weighted by molar-refractivity contribution is 5.94. The molecule has 0 aliphatic rings. The maximum absolute atomic E-state index is 11.8. The van der Waals surface area contributed by atoms with Crippen molar-refractivity contribution in [2.24, 2.45) is 0 Å². The summed E-state index contributed by atoms with van der Waals surface area (Å²) < 4.78 is 4.51. The van der Waals surface area contributed by atoms with Gasteiger partial charge in [-0.2, -0.15) is 0 Å². The van der Waals surface area contributed by atoms with E-state index < -0.39 is 0 Å². The Morgan fingerprint density at radius 1 is 0.957 bits per heavy atom. The molecule has 2 amide bonds. The fourth-order valence-electron chi connectivity index (χ4n) is 1.91. The Morgan fingerprint density at radius 2 is 1.57 bits per heavy atom. The number of esters is 1. The average Bonchev–Trinajstić information content (AvgIpc) is 2.55. The van der Waals surface area contributed by atoms with E-state index in [1.165, 1.54) is 7.11 Å². The molecule has 0 aliphatic carbocycles. The second-order valence-corrected chi connectivity index (χ2v) is 5.26. The van der Waals surface area contributed by atoms with Crippen LogP contribution in [0.4, 0.5) is 0 Å². The minimum absolute atomic E-state index is 0.0838. The van der Waals surface area contributed by atoms with Gasteiger partial charge in [0.15, 0.2) is 0 Å². The van der Waals surface area contributed by atoms with Crippen LogP contribution in [0.15, 0.2) is 24.3 Å². The Morgan fingerprint density at radius 3 is 2.22 bits per heavy atom. The van der Waals surface area contributed by atoms with Crippen LogP contribution in [0.2, 0.25) is 0 Å². The summed E-state index contributed by atoms with van der Waals surface area (Å²) in [6.45, 7) is 2.86. The van der Waals surface area contributed by atoms with Gasteiger partial charge in [-0.25, -0.2) is 0 Å². The highest BCUT2D eigenvalue weighted by Crippen LogP contribution is 2.02. The van der Waals surface area contributed by atoms with Crippen LogP contribution in [0, 0.1) is 6.92 Å². The molecule has 0 radical (unpaired) electrons. The molecule has 1 rings (SSSR count). The van der Waals surface area contributed by atoms with E-state index >= 15 is 0 Å². The molecule has 0 saturated heterocycles. The number of carbonyl (C=O) groups excluding carboxylic acids is 3. The summed E-state index contributed by atoms with van der Waals surface area (Å²) in [4.78, 5) is 34.3. The van der Waals surface area contributed by atoms with E-state index in [9.17, 15) is 14.4 Å². The van der Waals surface area contributed by atoms with Gasteiger partial charge < -0.3 is 15.4 Å². The topological polar surface area (TPSA) is 84.5 Å². The first kappa shape index (κ1) is 18.7. The standard InChI is InChI=1S/C17H24N2O4/c1-13-7-9-14(10-8-13)17(22)19-12-3-5-15(20)18-11-4-6-16(21)23-2/h7-10H,3-6,11-12H2,1-2H3,(H,18,20)(H,19,22). The Bertz CT molecular complexity index is 526. The van der Waals surface area contributed by atoms with E-state index in [-0.39, 0.29) is 17.8 Å². The van der Waals surface area contributed by atoms with Gasteiger partial charge in [-0.05, 0) is 31.9 Å². The number of aryl methyl sites for hydroxylation is 1. The van der Waals surface area contributed by atoms with Crippen molar-refractivity contribution < 1.29 is 19.1 Å². The Hall–Kier alpha value is -2.37. The number of carbonyl (C=O) groups is 3. The zero-order valence-corrected chi connectivity index (χ0v) is 13.7. The van der Waals surface area contributed by atoms with Crippen LogP contribution in [0.3, 0.4) is 0 Å². The third kappa shape index (κ3) is 7.99. The molecule has 0 bridgehead atoms. The molecule has 126 valence electrons. The number of hydrogen-bond acceptors (Lipinski definition) is 4. The van der Waals surface area contributed by atoms with Crippen LogP contribution in [-0.4, -0.2) is 38.0 Å². The van der Waals surface area contributed by atoms with Crippen molar-refractivity contribution in [1.29, 1.82) is 0 Å². The number of methoxy groups -OCH3 is 1. The van der Waals surface area contributed by atoms with E-state index in [1.54, 1.807) is 12.1 Å². The molecule has 0 unspecified atom stereocenters. The zero-order chi connectivity index (χ0) is 17.1. The SMILES string of the molecule is COC(=O)CCCNC(=O)CCCNC(=O)c1ccc(C)cc1. The van der Waals surface area contributed by atoms with Gasteiger partial charge in [0.2, 0.25) is 5.91 Å². The quantitative estimate of drug-likeness (QED) is 0.534. The number of nitrogens with one attached hydrogen (secondary N) is 2. The van der Waals surface area contributed by atoms with Crippen molar-refractivity contribution in [3.8, 4) is 0 Å². The highest BCUT2D eigenvalue weighted by atomic mass is 16.5. The first-order valence-electron chi connectivity index (χ1n) is 7.71. The Labute approximate surface area is 136 Å². The molecule has 0 fully saturated rings. The summed E-state index contributed by atoms with van der Waals surface area (Å²) in [5, 5.41) is 5.51. The van der Waals surface area contributed by atoms with E-state index in [0.29, 0.717) is 44.3 Å². The van der Waals surface area contributed by atoms with Gasteiger partial charge in [0, 0.05) is 31.5 Å². The molecule has 0 aliphatic heterocycles. The summed E-state index contributed by atoms with van der Waals surface area (Å²) in [5.41, 5.74) is 1.72. The van der Waals surface area contributed by atoms with Gasteiger partial charge in [-0.3, -0.25) is 14.4 Å². The minimum Gasteiger partial charge on any atom is -0.469 e. The first-order valence-corrected chi connectivity index (χ1v) is 7.71. The smallest absolute Gasteiger partial charge is 0.305 e. The van der Waals surface area contributed by atoms with Gasteiger partial charge >= 0.3 is 5.97 Å². The summed E-state index contributed by atoms with van der Waals surface area (Å²) in [5.74, 6) is -0.499. The number of amides is 2. The molecule has 0 spiro atoms. The fourth-order valence-corrected chi connectivity index (χ4v) is 1.91. The largest absolute Gasteiger partial charge is 0.469 e. The molecule has 6 nitrogen and oxygen atoms in total. The number of benzene rings is 1. The summed E-state index contributed by atoms with van der Waals surface area (Å²) in [7, 11) is 1.34. The Balaban J connectivity index is 2.09. The van der Waals surface area contributed by atoms with Crippen LogP contribution < -0.4 is 10.6 Å². The van der Waals surface area contributed by atoms with Crippen molar-refractivity contribution in [3.05, 3.63) is 35.4 Å². The maximum Gasteiger partial charge on any atom is 0.305 e. The number of ether oxygens (including phenoxy) is 1. The normalized spacial score (nSPS) is 10.0. The third-order valence-electron chi connectivity index (χ3n) is 3.29. The lowest BCUT2D eigenvalue weighted by molar-refractivity contribution is -0.140. The predicted octanol–water partition coefficient (Wildman–Crippen LogP) is 1.57. The lowest BCUT2D eigenvalue weighted by Crippen LogP contribution is -2.28. The molecule has 23 heavy (non-hydrogen) atoms. The number of rotatable bonds is 9. The van der Waals surface area contributed by atoms with Crippen LogP contribution in [0.5, 0.6) is 0 Å². The minimum atomic E-state index is -0.280. The van der Waals surface area contributed by atoms with Crippen molar-refractivity contribution >= 4 is 17.8 Å². The van der Waals surface area contributed by atoms with Crippen LogP contribution >= 0.6 is 0 Å². The summed E-state index contributed by atoms with van der Waals surface area (Å²) in [6.07, 6.45) is 1.76. The molecule has 1 aromatic carbocycles. The molecule has 0 heterocycles. The molecular weight excluding hydrogens is 296 g/mol. The first-order chi connectivity index (χ1) is 11.0. The third-order valence-corrected chi connectivity index (χ3v) is 3.29. The number of hydrogen-bond donors (Lipinski definition) is 2. The molecular formula is C17H24N2O4. The van der Waals surface area contributed by atoms with Crippen molar-refractivity contribution in [2.45, 2.75) is 32.6 Å². The second kappa shape index (κ2) is 10.4. The molecule has 2 N–H and O–H groups in total. The van der Waals surface area contributed by atoms with Gasteiger partial charge in [-0.1, -0.05) is 17.7 Å². The molecule has 0 atom stereocenters. The molecule has 0 saturated carbocycles. The van der Waals surface area contributed by atoms with E-state index in [2.05, 4.69) is 15.4 Å². The van der Waals surface area contributed by atoms with Crippen molar-refractivity contribution in [1.82, 2.24) is 10.6 Å². The summed E-state index contributed by atoms with van der Waals surface area (Å²) in [6, 6.07) is 7.32. The highest BCUT2D eigenvalue weighted by Gasteiger charge is 2.06. The van der Waals surface area contributed by atoms with Gasteiger partial charge in [0.25, 0.3) is 5.91 Å². The van der Waals surface area contributed by atoms with E-state index in [0.717, 1.165) is 5.56 Å². The van der Waals surface area contributed by atoms with E-state index in [4.69, 9.17) is 0 Å². The zero-order valence-electron chi connectivity index (χ0n) is 13.7. The van der Waals surface area contributed by atoms with Gasteiger partial charge in [-0.15, -0.1) is 0 Å². The van der Waals surface area contributed by atoms with Crippen LogP contribution in [0.1, 0.15) is 41.6 Å². The van der Waals surface area contributed by atoms with Crippen molar-refractivity contribution in [2.75, 3.05) is 20.2 Å². The van der Waals surface area contributed by atoms with Crippen LogP contribution in [0.25, 0.3) is 0 Å². The van der Waals surface area contributed by atoms with Gasteiger partial charge in [0.05, 0.1) is 7.11 Å². The molecule has 6 heteroatoms. The second-order valence-electron chi connectivity index (χ2n) is 5.26.